The summed E-state index contributed by atoms with van der Waals surface area (Å²) in [5.41, 5.74) is 3.70. The van der Waals surface area contributed by atoms with E-state index in [0.717, 1.165) is 37.2 Å². The maximum absolute atomic E-state index is 12.1. The van der Waals surface area contributed by atoms with Crippen LogP contribution in [-0.4, -0.2) is 15.9 Å². The zero-order valence-electron chi connectivity index (χ0n) is 14.0. The fourth-order valence-corrected chi connectivity index (χ4v) is 4.00. The van der Waals surface area contributed by atoms with Crippen LogP contribution in [-0.2, 0) is 4.79 Å². The highest BCUT2D eigenvalue weighted by atomic mass is 32.1. The molecule has 4 nitrogen and oxygen atoms in total. The molecule has 2 aromatic heterocycles. The topological polar surface area (TPSA) is 54.9 Å². The summed E-state index contributed by atoms with van der Waals surface area (Å²) in [4.78, 5) is 21.1. The number of hydrogen-bond acceptors (Lipinski definition) is 5. The van der Waals surface area contributed by atoms with Gasteiger partial charge in [0.25, 0.3) is 0 Å². The predicted octanol–water partition coefficient (Wildman–Crippen LogP) is 5.38. The summed E-state index contributed by atoms with van der Waals surface area (Å²) in [6, 6.07) is 15.6. The number of nitrogens with zero attached hydrogens (tertiary/aromatic N) is 2. The summed E-state index contributed by atoms with van der Waals surface area (Å²) >= 11 is 3.19. The average Bonchev–Trinajstić information content (AvgIpc) is 3.26. The van der Waals surface area contributed by atoms with E-state index < -0.39 is 0 Å². The first-order valence-corrected chi connectivity index (χ1v) is 9.74. The molecule has 1 N–H and O–H groups in total. The van der Waals surface area contributed by atoms with Gasteiger partial charge in [0.05, 0.1) is 20.9 Å². The molecule has 0 aliphatic heterocycles. The summed E-state index contributed by atoms with van der Waals surface area (Å²) in [6.07, 6.45) is 3.25. The van der Waals surface area contributed by atoms with Gasteiger partial charge in [-0.25, -0.2) is 9.97 Å². The van der Waals surface area contributed by atoms with Crippen molar-refractivity contribution in [2.24, 2.45) is 0 Å². The Kier molecular flexibility index (Phi) is 4.60. The summed E-state index contributed by atoms with van der Waals surface area (Å²) in [7, 11) is 0. The van der Waals surface area contributed by atoms with E-state index in [1.54, 1.807) is 28.7 Å². The number of amides is 1. The van der Waals surface area contributed by atoms with Gasteiger partial charge in [-0.05, 0) is 37.3 Å². The Morgan fingerprint density at radius 2 is 1.88 bits per heavy atom. The van der Waals surface area contributed by atoms with Crippen LogP contribution in [0.2, 0.25) is 0 Å². The number of rotatable bonds is 4. The molecule has 0 spiro atoms. The van der Waals surface area contributed by atoms with Gasteiger partial charge in [-0.3, -0.25) is 4.79 Å². The maximum Gasteiger partial charge on any atom is 0.248 e. The molecule has 0 fully saturated rings. The lowest BCUT2D eigenvalue weighted by Gasteiger charge is -2.03. The number of para-hydroxylation sites is 1. The zero-order valence-corrected chi connectivity index (χ0v) is 15.6. The molecule has 0 aliphatic carbocycles. The van der Waals surface area contributed by atoms with Gasteiger partial charge in [0.15, 0.2) is 0 Å². The number of carbonyl (C=O) groups excluding carboxylic acids is 1. The SMILES string of the molecule is Cc1nc(-c2ccc(NC(=O)/C=C/c3nc4ccccc4s3)cc2)cs1. The second kappa shape index (κ2) is 7.19. The van der Waals surface area contributed by atoms with E-state index in [2.05, 4.69) is 15.3 Å². The van der Waals surface area contributed by atoms with E-state index in [1.807, 2.05) is 60.8 Å². The van der Waals surface area contributed by atoms with E-state index in [9.17, 15) is 4.79 Å². The van der Waals surface area contributed by atoms with Crippen molar-refractivity contribution in [3.63, 3.8) is 0 Å². The lowest BCUT2D eigenvalue weighted by Crippen LogP contribution is -2.07. The number of hydrogen-bond donors (Lipinski definition) is 1. The highest BCUT2D eigenvalue weighted by Gasteiger charge is 2.04. The number of nitrogens with one attached hydrogen (secondary N) is 1. The Labute approximate surface area is 158 Å². The Balaban J connectivity index is 1.42. The molecule has 128 valence electrons. The van der Waals surface area contributed by atoms with Gasteiger partial charge in [0.2, 0.25) is 5.91 Å². The molecule has 0 radical (unpaired) electrons. The minimum Gasteiger partial charge on any atom is -0.323 e. The molecule has 4 aromatic rings. The lowest BCUT2D eigenvalue weighted by molar-refractivity contribution is -0.111. The van der Waals surface area contributed by atoms with E-state index in [1.165, 1.54) is 6.08 Å². The van der Waals surface area contributed by atoms with E-state index >= 15 is 0 Å². The lowest BCUT2D eigenvalue weighted by atomic mass is 10.1. The number of aromatic nitrogens is 2. The van der Waals surface area contributed by atoms with Gasteiger partial charge in [-0.1, -0.05) is 24.3 Å². The highest BCUT2D eigenvalue weighted by molar-refractivity contribution is 7.19. The smallest absolute Gasteiger partial charge is 0.248 e. The van der Waals surface area contributed by atoms with E-state index in [4.69, 9.17) is 0 Å². The van der Waals surface area contributed by atoms with Crippen molar-refractivity contribution in [2.45, 2.75) is 6.92 Å². The summed E-state index contributed by atoms with van der Waals surface area (Å²) in [5, 5.41) is 6.75. The molecule has 4 rings (SSSR count). The number of carbonyl (C=O) groups is 1. The van der Waals surface area contributed by atoms with Crippen molar-refractivity contribution in [1.29, 1.82) is 0 Å². The second-order valence-electron chi connectivity index (χ2n) is 5.67. The van der Waals surface area contributed by atoms with Crippen molar-refractivity contribution >= 4 is 50.6 Å². The van der Waals surface area contributed by atoms with Crippen LogP contribution in [0.5, 0.6) is 0 Å². The van der Waals surface area contributed by atoms with Crippen LogP contribution < -0.4 is 5.32 Å². The van der Waals surface area contributed by atoms with Gasteiger partial charge in [0.1, 0.15) is 5.01 Å². The van der Waals surface area contributed by atoms with E-state index in [-0.39, 0.29) is 5.91 Å². The molecule has 2 heterocycles. The minimum absolute atomic E-state index is 0.179. The first kappa shape index (κ1) is 16.6. The first-order chi connectivity index (χ1) is 12.7. The van der Waals surface area contributed by atoms with Gasteiger partial charge in [0, 0.05) is 22.7 Å². The molecular formula is C20H15N3OS2. The fourth-order valence-electron chi connectivity index (χ4n) is 2.51. The molecule has 0 saturated carbocycles. The molecule has 1 amide bonds. The quantitative estimate of drug-likeness (QED) is 0.486. The molecule has 6 heteroatoms. The molecule has 0 unspecified atom stereocenters. The van der Waals surface area contributed by atoms with E-state index in [0.29, 0.717) is 0 Å². The average molecular weight is 377 g/mol. The largest absolute Gasteiger partial charge is 0.323 e. The van der Waals surface area contributed by atoms with Gasteiger partial charge < -0.3 is 5.32 Å². The fraction of sp³-hybridized carbons (Fsp3) is 0.0500. The molecule has 0 aliphatic rings. The van der Waals surface area contributed by atoms with Crippen LogP contribution in [0.4, 0.5) is 5.69 Å². The third kappa shape index (κ3) is 3.71. The van der Waals surface area contributed by atoms with Gasteiger partial charge in [-0.15, -0.1) is 22.7 Å². The summed E-state index contributed by atoms with van der Waals surface area (Å²) in [6.45, 7) is 1.99. The number of aryl methyl sites for hydroxylation is 1. The minimum atomic E-state index is -0.179. The Morgan fingerprint density at radius 1 is 1.08 bits per heavy atom. The molecule has 0 saturated heterocycles. The van der Waals surface area contributed by atoms with Crippen LogP contribution in [0, 0.1) is 6.92 Å². The van der Waals surface area contributed by atoms with Crippen LogP contribution in [0.1, 0.15) is 10.0 Å². The predicted molar refractivity (Wildman–Crippen MR) is 110 cm³/mol. The molecule has 26 heavy (non-hydrogen) atoms. The van der Waals surface area contributed by atoms with Crippen molar-refractivity contribution < 1.29 is 4.79 Å². The monoisotopic (exact) mass is 377 g/mol. The second-order valence-corrected chi connectivity index (χ2v) is 7.80. The van der Waals surface area contributed by atoms with Gasteiger partial charge in [-0.2, -0.15) is 0 Å². The standard InChI is InChI=1S/C20H15N3OS2/c1-13-21-17(12-25-13)14-6-8-15(9-7-14)22-19(24)10-11-20-23-16-4-2-3-5-18(16)26-20/h2-12H,1H3,(H,22,24)/b11-10+. The number of fused-ring (bicyclic) bond motifs is 1. The maximum atomic E-state index is 12.1. The highest BCUT2D eigenvalue weighted by Crippen LogP contribution is 2.24. The first-order valence-electron chi connectivity index (χ1n) is 8.04. The Hall–Kier alpha value is -2.83. The Morgan fingerprint density at radius 3 is 2.62 bits per heavy atom. The van der Waals surface area contributed by atoms with Gasteiger partial charge >= 0.3 is 0 Å². The van der Waals surface area contributed by atoms with Crippen molar-refractivity contribution in [3.05, 3.63) is 70.0 Å². The van der Waals surface area contributed by atoms with Crippen molar-refractivity contribution in [2.75, 3.05) is 5.32 Å². The normalized spacial score (nSPS) is 11.3. The summed E-state index contributed by atoms with van der Waals surface area (Å²) in [5.74, 6) is -0.179. The van der Waals surface area contributed by atoms with Crippen LogP contribution in [0.3, 0.4) is 0 Å². The van der Waals surface area contributed by atoms with Crippen LogP contribution in [0.25, 0.3) is 27.6 Å². The van der Waals surface area contributed by atoms with Crippen LogP contribution in [0.15, 0.2) is 60.0 Å². The molecule has 0 atom stereocenters. The summed E-state index contributed by atoms with van der Waals surface area (Å²) < 4.78 is 1.11. The number of thiazole rings is 2. The molecular weight excluding hydrogens is 362 g/mol. The zero-order chi connectivity index (χ0) is 17.9. The van der Waals surface area contributed by atoms with Crippen molar-refractivity contribution in [1.82, 2.24) is 9.97 Å². The van der Waals surface area contributed by atoms with Crippen LogP contribution >= 0.6 is 22.7 Å². The van der Waals surface area contributed by atoms with Crippen molar-refractivity contribution in [3.8, 4) is 11.3 Å². The number of anilines is 1. The number of benzene rings is 2. The molecule has 2 aromatic carbocycles. The Bertz CT molecular complexity index is 1060. The molecule has 0 bridgehead atoms. The third-order valence-electron chi connectivity index (χ3n) is 3.75. The third-order valence-corrected chi connectivity index (χ3v) is 5.53.